The van der Waals surface area contributed by atoms with E-state index in [-0.39, 0.29) is 6.03 Å². The highest BCUT2D eigenvalue weighted by molar-refractivity contribution is 5.86. The first kappa shape index (κ1) is 16.8. The molecule has 1 aliphatic rings. The number of aliphatic carboxylic acids is 1. The van der Waals surface area contributed by atoms with Gasteiger partial charge in [-0.05, 0) is 32.6 Å². The third-order valence-corrected chi connectivity index (χ3v) is 4.17. The molecule has 1 unspecified atom stereocenters. The van der Waals surface area contributed by atoms with E-state index in [9.17, 15) is 14.7 Å². The lowest BCUT2D eigenvalue weighted by Crippen LogP contribution is -2.55. The number of rotatable bonds is 7. The van der Waals surface area contributed by atoms with Gasteiger partial charge in [0.05, 0.1) is 0 Å². The molecule has 0 spiro atoms. The molecule has 5 nitrogen and oxygen atoms in total. The standard InChI is InChI=1S/C15H28N2O3/c1-4-6-10-16(11-7-5-2)14(20)17-12-8-9-15(17,3)13(18)19/h4-12H2,1-3H3,(H,18,19). The first-order valence-corrected chi connectivity index (χ1v) is 7.77. The van der Waals surface area contributed by atoms with E-state index >= 15 is 0 Å². The Labute approximate surface area is 121 Å². The van der Waals surface area contributed by atoms with Crippen LogP contribution in [0.15, 0.2) is 0 Å². The van der Waals surface area contributed by atoms with Crippen LogP contribution in [0.3, 0.4) is 0 Å². The molecule has 0 aromatic heterocycles. The Morgan fingerprint density at radius 3 is 2.20 bits per heavy atom. The highest BCUT2D eigenvalue weighted by Gasteiger charge is 2.46. The highest BCUT2D eigenvalue weighted by atomic mass is 16.4. The van der Waals surface area contributed by atoms with Crippen LogP contribution in [0.2, 0.25) is 0 Å². The van der Waals surface area contributed by atoms with Crippen molar-refractivity contribution < 1.29 is 14.7 Å². The number of carbonyl (C=O) groups is 2. The molecule has 0 bridgehead atoms. The van der Waals surface area contributed by atoms with Crippen molar-refractivity contribution in [2.75, 3.05) is 19.6 Å². The van der Waals surface area contributed by atoms with Crippen LogP contribution in [0, 0.1) is 0 Å². The summed E-state index contributed by atoms with van der Waals surface area (Å²) >= 11 is 0. The van der Waals surface area contributed by atoms with Crippen LogP contribution in [0.1, 0.15) is 59.3 Å². The van der Waals surface area contributed by atoms with Gasteiger partial charge < -0.3 is 14.9 Å². The lowest BCUT2D eigenvalue weighted by atomic mass is 9.99. The van der Waals surface area contributed by atoms with Crippen molar-refractivity contribution in [2.45, 2.75) is 64.8 Å². The maximum absolute atomic E-state index is 12.7. The number of hydrogen-bond acceptors (Lipinski definition) is 2. The van der Waals surface area contributed by atoms with Crippen LogP contribution in [0.4, 0.5) is 4.79 Å². The van der Waals surface area contributed by atoms with Crippen LogP contribution in [0.25, 0.3) is 0 Å². The summed E-state index contributed by atoms with van der Waals surface area (Å²) in [7, 11) is 0. The minimum absolute atomic E-state index is 0.102. The second-order valence-corrected chi connectivity index (χ2v) is 5.81. The molecule has 0 aromatic rings. The van der Waals surface area contributed by atoms with Gasteiger partial charge in [0.2, 0.25) is 0 Å². The van der Waals surface area contributed by atoms with Crippen molar-refractivity contribution in [1.82, 2.24) is 9.80 Å². The molecule has 1 fully saturated rings. The number of amides is 2. The Balaban J connectivity index is 2.79. The third kappa shape index (κ3) is 3.64. The minimum Gasteiger partial charge on any atom is -0.480 e. The van der Waals surface area contributed by atoms with E-state index in [4.69, 9.17) is 0 Å². The molecule has 0 saturated carbocycles. The van der Waals surface area contributed by atoms with Gasteiger partial charge in [0.25, 0.3) is 0 Å². The zero-order chi connectivity index (χ0) is 15.2. The van der Waals surface area contributed by atoms with Gasteiger partial charge in [0, 0.05) is 19.6 Å². The maximum Gasteiger partial charge on any atom is 0.329 e. The molecule has 0 aromatic carbocycles. The van der Waals surface area contributed by atoms with E-state index in [2.05, 4.69) is 13.8 Å². The summed E-state index contributed by atoms with van der Waals surface area (Å²) in [5, 5.41) is 9.41. The highest BCUT2D eigenvalue weighted by Crippen LogP contribution is 2.30. The fourth-order valence-electron chi connectivity index (χ4n) is 2.66. The summed E-state index contributed by atoms with van der Waals surface area (Å²) in [5.41, 5.74) is -1.03. The number of carboxylic acids is 1. The summed E-state index contributed by atoms with van der Waals surface area (Å²) in [5.74, 6) is -0.894. The zero-order valence-corrected chi connectivity index (χ0v) is 13.0. The molecule has 1 heterocycles. The molecule has 2 amide bonds. The van der Waals surface area contributed by atoms with Gasteiger partial charge in [-0.1, -0.05) is 26.7 Å². The summed E-state index contributed by atoms with van der Waals surface area (Å²) < 4.78 is 0. The van der Waals surface area contributed by atoms with Crippen LogP contribution >= 0.6 is 0 Å². The van der Waals surface area contributed by atoms with Gasteiger partial charge in [-0.3, -0.25) is 0 Å². The van der Waals surface area contributed by atoms with Crippen molar-refractivity contribution in [3.05, 3.63) is 0 Å². The maximum atomic E-state index is 12.7. The Hall–Kier alpha value is -1.26. The van der Waals surface area contributed by atoms with Gasteiger partial charge in [0.15, 0.2) is 0 Å². The van der Waals surface area contributed by atoms with Gasteiger partial charge in [0.1, 0.15) is 5.54 Å². The van der Waals surface area contributed by atoms with Crippen LogP contribution < -0.4 is 0 Å². The monoisotopic (exact) mass is 284 g/mol. The van der Waals surface area contributed by atoms with Crippen molar-refractivity contribution in [1.29, 1.82) is 0 Å². The Morgan fingerprint density at radius 1 is 1.20 bits per heavy atom. The molecule has 1 rings (SSSR count). The van der Waals surface area contributed by atoms with E-state index in [1.54, 1.807) is 11.8 Å². The molecular formula is C15H28N2O3. The van der Waals surface area contributed by atoms with E-state index < -0.39 is 11.5 Å². The fourth-order valence-corrected chi connectivity index (χ4v) is 2.66. The topological polar surface area (TPSA) is 60.9 Å². The van der Waals surface area contributed by atoms with E-state index in [0.717, 1.165) is 45.2 Å². The van der Waals surface area contributed by atoms with Crippen LogP contribution in [0.5, 0.6) is 0 Å². The first-order chi connectivity index (χ1) is 9.47. The molecule has 1 aliphatic heterocycles. The average Bonchev–Trinajstić information content (AvgIpc) is 2.82. The normalized spacial score (nSPS) is 22.1. The number of urea groups is 1. The molecular weight excluding hydrogens is 256 g/mol. The second kappa shape index (κ2) is 7.50. The SMILES string of the molecule is CCCCN(CCCC)C(=O)N1CCCC1(C)C(=O)O. The van der Waals surface area contributed by atoms with Crippen molar-refractivity contribution >= 4 is 12.0 Å². The Morgan fingerprint density at radius 2 is 1.75 bits per heavy atom. The molecule has 1 atom stereocenters. The summed E-state index contributed by atoms with van der Waals surface area (Å²) in [6, 6.07) is -0.102. The van der Waals surface area contributed by atoms with Gasteiger partial charge in [-0.15, -0.1) is 0 Å². The quantitative estimate of drug-likeness (QED) is 0.782. The second-order valence-electron chi connectivity index (χ2n) is 5.81. The third-order valence-electron chi connectivity index (χ3n) is 4.17. The predicted molar refractivity (Wildman–Crippen MR) is 78.8 cm³/mol. The summed E-state index contributed by atoms with van der Waals surface area (Å²) in [6.45, 7) is 7.86. The average molecular weight is 284 g/mol. The summed E-state index contributed by atoms with van der Waals surface area (Å²) in [4.78, 5) is 27.5. The van der Waals surface area contributed by atoms with Crippen LogP contribution in [-0.2, 0) is 4.79 Å². The largest absolute Gasteiger partial charge is 0.480 e. The Kier molecular flexibility index (Phi) is 6.30. The Bertz CT molecular complexity index is 338. The van der Waals surface area contributed by atoms with Gasteiger partial charge in [-0.25, -0.2) is 9.59 Å². The van der Waals surface area contributed by atoms with Crippen molar-refractivity contribution in [3.63, 3.8) is 0 Å². The predicted octanol–water partition coefficient (Wildman–Crippen LogP) is 2.95. The molecule has 1 saturated heterocycles. The fraction of sp³-hybridized carbons (Fsp3) is 0.867. The number of carboxylic acid groups (broad SMARTS) is 1. The molecule has 1 N–H and O–H groups in total. The first-order valence-electron chi connectivity index (χ1n) is 7.77. The molecule has 5 heteroatoms. The molecule has 0 radical (unpaired) electrons. The lowest BCUT2D eigenvalue weighted by molar-refractivity contribution is -0.147. The number of nitrogens with zero attached hydrogens (tertiary/aromatic N) is 2. The smallest absolute Gasteiger partial charge is 0.329 e. The zero-order valence-electron chi connectivity index (χ0n) is 13.0. The van der Waals surface area contributed by atoms with E-state index in [0.29, 0.717) is 13.0 Å². The molecule has 0 aliphatic carbocycles. The minimum atomic E-state index is -1.03. The van der Waals surface area contributed by atoms with Crippen molar-refractivity contribution in [2.24, 2.45) is 0 Å². The van der Waals surface area contributed by atoms with E-state index in [1.165, 1.54) is 0 Å². The van der Waals surface area contributed by atoms with Gasteiger partial charge >= 0.3 is 12.0 Å². The number of carbonyl (C=O) groups excluding carboxylic acids is 1. The number of likely N-dealkylation sites (tertiary alicyclic amines) is 1. The number of unbranched alkanes of at least 4 members (excludes halogenated alkanes) is 2. The van der Waals surface area contributed by atoms with Gasteiger partial charge in [-0.2, -0.15) is 0 Å². The summed E-state index contributed by atoms with van der Waals surface area (Å²) in [6.07, 6.45) is 5.31. The lowest BCUT2D eigenvalue weighted by Gasteiger charge is -2.36. The molecule has 116 valence electrons. The van der Waals surface area contributed by atoms with Crippen molar-refractivity contribution in [3.8, 4) is 0 Å². The molecule has 20 heavy (non-hydrogen) atoms. The number of hydrogen-bond donors (Lipinski definition) is 1. The van der Waals surface area contributed by atoms with Crippen LogP contribution in [-0.4, -0.2) is 52.1 Å². The van der Waals surface area contributed by atoms with E-state index in [1.807, 2.05) is 4.90 Å².